The van der Waals surface area contributed by atoms with Crippen LogP contribution in [0.25, 0.3) is 0 Å². The number of sulfonamides is 1. The summed E-state index contributed by atoms with van der Waals surface area (Å²) in [6.07, 6.45) is -4.81. The van der Waals surface area contributed by atoms with Crippen LogP contribution in [-0.2, 0) is 34.6 Å². The van der Waals surface area contributed by atoms with Crippen molar-refractivity contribution >= 4 is 33.2 Å². The van der Waals surface area contributed by atoms with Crippen molar-refractivity contribution in [3.05, 3.63) is 81.1 Å². The van der Waals surface area contributed by atoms with E-state index in [4.69, 9.17) is 27.9 Å². The van der Waals surface area contributed by atoms with Crippen LogP contribution in [0.15, 0.2) is 53.4 Å². The molecule has 206 valence electrons. The van der Waals surface area contributed by atoms with Crippen molar-refractivity contribution in [3.8, 4) is 0 Å². The van der Waals surface area contributed by atoms with Crippen LogP contribution < -0.4 is 0 Å². The van der Waals surface area contributed by atoms with Gasteiger partial charge in [0.2, 0.25) is 10.0 Å². The number of benzene rings is 2. The van der Waals surface area contributed by atoms with Crippen LogP contribution in [0.3, 0.4) is 0 Å². The minimum absolute atomic E-state index is 0.0223. The highest BCUT2D eigenvalue weighted by atomic mass is 35.5. The number of aromatic nitrogens is 2. The molecule has 4 rings (SSSR count). The Kier molecular flexibility index (Phi) is 8.75. The summed E-state index contributed by atoms with van der Waals surface area (Å²) < 4.78 is 74.0. The van der Waals surface area contributed by atoms with Gasteiger partial charge in [-0.3, -0.25) is 9.58 Å². The molecule has 13 heteroatoms. The maximum Gasteiger partial charge on any atom is 0.416 e. The number of alkyl halides is 3. The molecule has 7 nitrogen and oxygen atoms in total. The highest BCUT2D eigenvalue weighted by molar-refractivity contribution is 7.89. The highest BCUT2D eigenvalue weighted by Crippen LogP contribution is 2.31. The zero-order chi connectivity index (χ0) is 27.7. The van der Waals surface area contributed by atoms with Gasteiger partial charge in [0, 0.05) is 44.8 Å². The maximum absolute atomic E-state index is 13.2. The van der Waals surface area contributed by atoms with Gasteiger partial charge in [0.15, 0.2) is 0 Å². The molecule has 2 aromatic carbocycles. The molecule has 2 heterocycles. The lowest BCUT2D eigenvalue weighted by Gasteiger charge is -2.35. The van der Waals surface area contributed by atoms with Crippen LogP contribution in [0.1, 0.15) is 28.5 Å². The zero-order valence-corrected chi connectivity index (χ0v) is 23.1. The summed E-state index contributed by atoms with van der Waals surface area (Å²) in [5.74, 6) is 0. The molecule has 1 aromatic heterocycles. The van der Waals surface area contributed by atoms with Crippen LogP contribution in [0.4, 0.5) is 13.2 Å². The Balaban J connectivity index is 1.43. The molecule has 38 heavy (non-hydrogen) atoms. The van der Waals surface area contributed by atoms with Crippen molar-refractivity contribution in [2.24, 2.45) is 7.05 Å². The summed E-state index contributed by atoms with van der Waals surface area (Å²) in [7, 11) is -2.22. The van der Waals surface area contributed by atoms with Gasteiger partial charge in [-0.25, -0.2) is 8.42 Å². The van der Waals surface area contributed by atoms with Crippen LogP contribution in [0.5, 0.6) is 0 Å². The highest BCUT2D eigenvalue weighted by Gasteiger charge is 2.34. The summed E-state index contributed by atoms with van der Waals surface area (Å²) in [4.78, 5) is 2.12. The number of hydrogen-bond acceptors (Lipinski definition) is 5. The van der Waals surface area contributed by atoms with Gasteiger partial charge in [-0.05, 0) is 42.3 Å². The SMILES string of the molecule is Cc1nn(C)c(Cl)c1S(=O)(=O)N1CCN(CC(OCc2ccc(C(F)(F)F)cc2)c2ccc(Cl)cc2)CC1. The van der Waals surface area contributed by atoms with E-state index in [2.05, 4.69) is 10.00 Å². The van der Waals surface area contributed by atoms with Crippen molar-refractivity contribution < 1.29 is 26.3 Å². The molecule has 1 unspecified atom stereocenters. The third-order valence-electron chi connectivity index (χ3n) is 6.43. The minimum atomic E-state index is -4.40. The Morgan fingerprint density at radius 3 is 2.13 bits per heavy atom. The smallest absolute Gasteiger partial charge is 0.368 e. The largest absolute Gasteiger partial charge is 0.416 e. The molecule has 0 saturated carbocycles. The van der Waals surface area contributed by atoms with Gasteiger partial charge >= 0.3 is 6.18 Å². The number of hydrogen-bond donors (Lipinski definition) is 0. The molecule has 0 radical (unpaired) electrons. The summed E-state index contributed by atoms with van der Waals surface area (Å²) in [5, 5.41) is 4.76. The predicted molar refractivity (Wildman–Crippen MR) is 139 cm³/mol. The maximum atomic E-state index is 13.2. The van der Waals surface area contributed by atoms with Gasteiger partial charge < -0.3 is 4.74 Å². The first-order chi connectivity index (χ1) is 17.9. The van der Waals surface area contributed by atoms with Gasteiger partial charge in [0.1, 0.15) is 10.0 Å². The van der Waals surface area contributed by atoms with Crippen molar-refractivity contribution in [2.45, 2.75) is 30.7 Å². The molecular weight excluding hydrogens is 564 g/mol. The molecule has 0 aliphatic carbocycles. The van der Waals surface area contributed by atoms with E-state index in [0.717, 1.165) is 17.7 Å². The summed E-state index contributed by atoms with van der Waals surface area (Å²) in [6, 6.07) is 12.0. The molecule has 0 spiro atoms. The van der Waals surface area contributed by atoms with E-state index in [9.17, 15) is 21.6 Å². The number of nitrogens with zero attached hydrogens (tertiary/aromatic N) is 4. The van der Waals surface area contributed by atoms with Crippen LogP contribution in [0, 0.1) is 6.92 Å². The first-order valence-corrected chi connectivity index (χ1v) is 14.0. The Bertz CT molecular complexity index is 1360. The number of piperazine rings is 1. The quantitative estimate of drug-likeness (QED) is 0.355. The molecule has 1 saturated heterocycles. The summed E-state index contributed by atoms with van der Waals surface area (Å²) in [5.41, 5.74) is 1.09. The molecule has 0 bridgehead atoms. The zero-order valence-electron chi connectivity index (χ0n) is 20.8. The van der Waals surface area contributed by atoms with Crippen LogP contribution >= 0.6 is 23.2 Å². The average Bonchev–Trinajstić information content (AvgIpc) is 3.13. The van der Waals surface area contributed by atoms with E-state index >= 15 is 0 Å². The molecule has 0 N–H and O–H groups in total. The third kappa shape index (κ3) is 6.52. The van der Waals surface area contributed by atoms with Gasteiger partial charge in [-0.1, -0.05) is 47.5 Å². The fraction of sp³-hybridized carbons (Fsp3) is 0.400. The van der Waals surface area contributed by atoms with E-state index in [1.54, 1.807) is 26.1 Å². The minimum Gasteiger partial charge on any atom is -0.368 e. The second-order valence-corrected chi connectivity index (χ2v) is 11.7. The fourth-order valence-electron chi connectivity index (χ4n) is 4.34. The average molecular weight is 591 g/mol. The Morgan fingerprint density at radius 1 is 1.00 bits per heavy atom. The standard InChI is InChI=1S/C25H27Cl2F3N4O3S/c1-17-23(24(27)32(2)31-17)38(35,36)34-13-11-33(12-14-34)15-22(19-5-9-21(26)10-6-19)37-16-18-3-7-20(8-4-18)25(28,29)30/h3-10,22H,11-16H2,1-2H3. The first-order valence-electron chi connectivity index (χ1n) is 11.8. The molecule has 3 aromatic rings. The van der Waals surface area contributed by atoms with Crippen molar-refractivity contribution in [3.63, 3.8) is 0 Å². The van der Waals surface area contributed by atoms with Gasteiger partial charge in [-0.15, -0.1) is 0 Å². The van der Waals surface area contributed by atoms with E-state index in [1.165, 1.54) is 21.1 Å². The normalized spacial score (nSPS) is 16.6. The monoisotopic (exact) mass is 590 g/mol. The molecule has 0 amide bonds. The van der Waals surface area contributed by atoms with Crippen molar-refractivity contribution in [1.82, 2.24) is 19.0 Å². The first kappa shape index (κ1) is 28.8. The Labute approximate surface area is 229 Å². The van der Waals surface area contributed by atoms with E-state index in [-0.39, 0.29) is 29.7 Å². The molecule has 1 fully saturated rings. The number of rotatable bonds is 8. The lowest BCUT2D eigenvalue weighted by Crippen LogP contribution is -2.49. The molecular formula is C25H27Cl2F3N4O3S. The Hall–Kier alpha value is -2.15. The number of halogens is 5. The van der Waals surface area contributed by atoms with Crippen LogP contribution in [0.2, 0.25) is 10.2 Å². The lowest BCUT2D eigenvalue weighted by atomic mass is 10.1. The second kappa shape index (κ2) is 11.5. The predicted octanol–water partition coefficient (Wildman–Crippen LogP) is 5.32. The lowest BCUT2D eigenvalue weighted by molar-refractivity contribution is -0.137. The molecule has 1 aliphatic rings. The summed E-state index contributed by atoms with van der Waals surface area (Å²) >= 11 is 12.3. The van der Waals surface area contributed by atoms with E-state index in [1.807, 2.05) is 12.1 Å². The van der Waals surface area contributed by atoms with Crippen molar-refractivity contribution in [2.75, 3.05) is 32.7 Å². The second-order valence-electron chi connectivity index (χ2n) is 9.08. The van der Waals surface area contributed by atoms with Gasteiger partial charge in [0.25, 0.3) is 0 Å². The van der Waals surface area contributed by atoms with E-state index < -0.39 is 27.9 Å². The summed E-state index contributed by atoms with van der Waals surface area (Å²) in [6.45, 7) is 3.63. The van der Waals surface area contributed by atoms with E-state index in [0.29, 0.717) is 35.9 Å². The number of ether oxygens (including phenoxy) is 1. The van der Waals surface area contributed by atoms with Gasteiger partial charge in [0.05, 0.1) is 24.0 Å². The van der Waals surface area contributed by atoms with Gasteiger partial charge in [-0.2, -0.15) is 22.6 Å². The topological polar surface area (TPSA) is 67.7 Å². The Morgan fingerprint density at radius 2 is 1.61 bits per heavy atom. The fourth-order valence-corrected chi connectivity index (χ4v) is 6.59. The van der Waals surface area contributed by atoms with Crippen LogP contribution in [-0.4, -0.2) is 60.1 Å². The number of aryl methyl sites for hydroxylation is 2. The van der Waals surface area contributed by atoms with Crippen molar-refractivity contribution in [1.29, 1.82) is 0 Å². The third-order valence-corrected chi connectivity index (χ3v) is 9.27. The molecule has 1 atom stereocenters. The molecule has 1 aliphatic heterocycles.